The molecule has 1 heterocycles. The largest absolute Gasteiger partial charge is 0.354 e. The Morgan fingerprint density at radius 2 is 1.67 bits per heavy atom. The number of aromatic nitrogens is 3. The van der Waals surface area contributed by atoms with E-state index < -0.39 is 0 Å². The molecule has 0 bridgehead atoms. The van der Waals surface area contributed by atoms with Crippen LogP contribution in [0.15, 0.2) is 0 Å². The van der Waals surface area contributed by atoms with Gasteiger partial charge in [-0.25, -0.2) is 0 Å². The van der Waals surface area contributed by atoms with Crippen molar-refractivity contribution in [2.24, 2.45) is 0 Å². The van der Waals surface area contributed by atoms with Crippen molar-refractivity contribution < 1.29 is 0 Å². The lowest BCUT2D eigenvalue weighted by Gasteiger charge is -2.31. The molecule has 0 saturated heterocycles. The van der Waals surface area contributed by atoms with Crippen LogP contribution in [0.4, 0.5) is 17.8 Å². The van der Waals surface area contributed by atoms with Gasteiger partial charge in [0.05, 0.1) is 0 Å². The monoisotopic (exact) mass is 292 g/mol. The molecule has 1 aromatic heterocycles. The predicted octanol–water partition coefficient (Wildman–Crippen LogP) is 2.53. The second-order valence-corrected chi connectivity index (χ2v) is 5.98. The lowest BCUT2D eigenvalue weighted by Crippen LogP contribution is -2.35. The van der Waals surface area contributed by atoms with Crippen molar-refractivity contribution in [3.8, 4) is 0 Å². The summed E-state index contributed by atoms with van der Waals surface area (Å²) in [6, 6.07) is 0.551. The minimum atomic E-state index is 0.551. The van der Waals surface area contributed by atoms with E-state index in [0.29, 0.717) is 17.9 Å². The molecule has 1 aliphatic rings. The average molecular weight is 292 g/mol. The maximum atomic E-state index is 4.61. The van der Waals surface area contributed by atoms with Crippen LogP contribution in [-0.2, 0) is 0 Å². The molecule has 1 fully saturated rings. The number of hydrogen-bond acceptors (Lipinski definition) is 6. The molecule has 118 valence electrons. The molecule has 0 amide bonds. The summed E-state index contributed by atoms with van der Waals surface area (Å²) in [7, 11) is 6.03. The van der Waals surface area contributed by atoms with Crippen molar-refractivity contribution in [1.82, 2.24) is 15.0 Å². The second-order valence-electron chi connectivity index (χ2n) is 5.98. The van der Waals surface area contributed by atoms with Gasteiger partial charge in [-0.1, -0.05) is 26.2 Å². The molecule has 6 heteroatoms. The van der Waals surface area contributed by atoms with Crippen LogP contribution < -0.4 is 15.1 Å². The minimum Gasteiger partial charge on any atom is -0.354 e. The third-order valence-corrected chi connectivity index (χ3v) is 3.98. The SMILES string of the molecule is CCCNc1nc(N(C)C)nc(N(C)C2CCCCC2)n1. The van der Waals surface area contributed by atoms with Gasteiger partial charge in [0, 0.05) is 33.7 Å². The van der Waals surface area contributed by atoms with E-state index in [1.807, 2.05) is 19.0 Å². The van der Waals surface area contributed by atoms with Crippen LogP contribution in [0.3, 0.4) is 0 Å². The summed E-state index contributed by atoms with van der Waals surface area (Å²) in [5.74, 6) is 2.16. The fourth-order valence-corrected chi connectivity index (χ4v) is 2.66. The van der Waals surface area contributed by atoms with Crippen LogP contribution in [-0.4, -0.2) is 48.7 Å². The third-order valence-electron chi connectivity index (χ3n) is 3.98. The summed E-state index contributed by atoms with van der Waals surface area (Å²) < 4.78 is 0. The highest BCUT2D eigenvalue weighted by Gasteiger charge is 2.21. The van der Waals surface area contributed by atoms with Gasteiger partial charge in [0.2, 0.25) is 17.8 Å². The van der Waals surface area contributed by atoms with Gasteiger partial charge in [0.15, 0.2) is 0 Å². The maximum absolute atomic E-state index is 4.61. The first kappa shape index (κ1) is 15.8. The van der Waals surface area contributed by atoms with Gasteiger partial charge >= 0.3 is 0 Å². The topological polar surface area (TPSA) is 57.2 Å². The quantitative estimate of drug-likeness (QED) is 0.869. The first-order valence-electron chi connectivity index (χ1n) is 8.02. The van der Waals surface area contributed by atoms with Crippen LogP contribution >= 0.6 is 0 Å². The molecular weight excluding hydrogens is 264 g/mol. The molecule has 1 aromatic rings. The maximum Gasteiger partial charge on any atom is 0.231 e. The molecule has 0 aliphatic heterocycles. The molecule has 0 radical (unpaired) electrons. The molecule has 0 atom stereocenters. The molecule has 1 N–H and O–H groups in total. The van der Waals surface area contributed by atoms with Crippen LogP contribution in [0.25, 0.3) is 0 Å². The smallest absolute Gasteiger partial charge is 0.231 e. The molecule has 0 spiro atoms. The first-order valence-corrected chi connectivity index (χ1v) is 8.02. The van der Waals surface area contributed by atoms with Gasteiger partial charge in [-0.2, -0.15) is 15.0 Å². The summed E-state index contributed by atoms with van der Waals surface area (Å²) >= 11 is 0. The summed E-state index contributed by atoms with van der Waals surface area (Å²) in [6.45, 7) is 3.01. The Morgan fingerprint density at radius 1 is 1.00 bits per heavy atom. The highest BCUT2D eigenvalue weighted by Crippen LogP contribution is 2.25. The Labute approximate surface area is 128 Å². The van der Waals surface area contributed by atoms with Gasteiger partial charge < -0.3 is 15.1 Å². The fourth-order valence-electron chi connectivity index (χ4n) is 2.66. The number of nitrogens with zero attached hydrogens (tertiary/aromatic N) is 5. The number of hydrogen-bond donors (Lipinski definition) is 1. The van der Waals surface area contributed by atoms with Gasteiger partial charge in [-0.3, -0.25) is 0 Å². The molecule has 1 saturated carbocycles. The van der Waals surface area contributed by atoms with Crippen molar-refractivity contribution >= 4 is 17.8 Å². The minimum absolute atomic E-state index is 0.551. The van der Waals surface area contributed by atoms with E-state index in [0.717, 1.165) is 18.9 Å². The van der Waals surface area contributed by atoms with E-state index in [1.165, 1.54) is 32.1 Å². The molecule has 21 heavy (non-hydrogen) atoms. The normalized spacial score (nSPS) is 15.8. The Hall–Kier alpha value is -1.59. The van der Waals surface area contributed by atoms with E-state index in [1.54, 1.807) is 0 Å². The van der Waals surface area contributed by atoms with Gasteiger partial charge in [-0.05, 0) is 19.3 Å². The van der Waals surface area contributed by atoms with Gasteiger partial charge in [0.25, 0.3) is 0 Å². The number of rotatable bonds is 6. The molecule has 0 unspecified atom stereocenters. The Kier molecular flexibility index (Phi) is 5.59. The lowest BCUT2D eigenvalue weighted by atomic mass is 9.95. The van der Waals surface area contributed by atoms with E-state index in [9.17, 15) is 0 Å². The zero-order valence-corrected chi connectivity index (χ0v) is 13.8. The van der Waals surface area contributed by atoms with Crippen molar-refractivity contribution in [2.45, 2.75) is 51.5 Å². The van der Waals surface area contributed by atoms with E-state index in [4.69, 9.17) is 0 Å². The standard InChI is InChI=1S/C15H28N6/c1-5-11-16-13-17-14(20(2)3)19-15(18-13)21(4)12-9-7-6-8-10-12/h12H,5-11H2,1-4H3,(H,16,17,18,19). The number of nitrogens with one attached hydrogen (secondary N) is 1. The van der Waals surface area contributed by atoms with Crippen LogP contribution in [0, 0.1) is 0 Å². The highest BCUT2D eigenvalue weighted by atomic mass is 15.3. The Balaban J connectivity index is 2.21. The summed E-state index contributed by atoms with van der Waals surface area (Å²) in [5.41, 5.74) is 0. The van der Waals surface area contributed by atoms with Crippen molar-refractivity contribution in [3.05, 3.63) is 0 Å². The average Bonchev–Trinajstić information content (AvgIpc) is 2.52. The molecule has 1 aliphatic carbocycles. The van der Waals surface area contributed by atoms with Crippen LogP contribution in [0.5, 0.6) is 0 Å². The van der Waals surface area contributed by atoms with E-state index in [-0.39, 0.29) is 0 Å². The second kappa shape index (κ2) is 7.43. The summed E-state index contributed by atoms with van der Waals surface area (Å²) in [6.07, 6.45) is 7.49. The lowest BCUT2D eigenvalue weighted by molar-refractivity contribution is 0.424. The molecule has 6 nitrogen and oxygen atoms in total. The van der Waals surface area contributed by atoms with E-state index in [2.05, 4.69) is 39.1 Å². The highest BCUT2D eigenvalue weighted by molar-refractivity contribution is 5.44. The predicted molar refractivity (Wildman–Crippen MR) is 88.2 cm³/mol. The zero-order chi connectivity index (χ0) is 15.2. The Bertz CT molecular complexity index is 442. The summed E-state index contributed by atoms with van der Waals surface area (Å²) in [4.78, 5) is 17.8. The van der Waals surface area contributed by atoms with Gasteiger partial charge in [-0.15, -0.1) is 0 Å². The Morgan fingerprint density at radius 3 is 2.29 bits per heavy atom. The van der Waals surface area contributed by atoms with Crippen LogP contribution in [0.2, 0.25) is 0 Å². The first-order chi connectivity index (χ1) is 10.1. The van der Waals surface area contributed by atoms with Crippen molar-refractivity contribution in [2.75, 3.05) is 42.8 Å². The van der Waals surface area contributed by atoms with Crippen molar-refractivity contribution in [1.29, 1.82) is 0 Å². The van der Waals surface area contributed by atoms with Crippen molar-refractivity contribution in [3.63, 3.8) is 0 Å². The summed E-state index contributed by atoms with van der Waals surface area (Å²) in [5, 5.41) is 3.27. The fraction of sp³-hybridized carbons (Fsp3) is 0.800. The van der Waals surface area contributed by atoms with Crippen LogP contribution in [0.1, 0.15) is 45.4 Å². The number of anilines is 3. The van der Waals surface area contributed by atoms with E-state index >= 15 is 0 Å². The molecular formula is C15H28N6. The molecule has 2 rings (SSSR count). The molecule has 0 aromatic carbocycles. The third kappa shape index (κ3) is 4.19. The van der Waals surface area contributed by atoms with Gasteiger partial charge in [0.1, 0.15) is 0 Å². The zero-order valence-electron chi connectivity index (χ0n) is 13.8.